The van der Waals surface area contributed by atoms with Gasteiger partial charge in [-0.05, 0) is 40.4 Å². The maximum Gasteiger partial charge on any atom is 0.414 e. The highest BCUT2D eigenvalue weighted by Crippen LogP contribution is 2.34. The number of hydrogen-bond acceptors (Lipinski definition) is 2. The third-order valence-corrected chi connectivity index (χ3v) is 3.42. The van der Waals surface area contributed by atoms with Gasteiger partial charge < -0.3 is 4.74 Å². The van der Waals surface area contributed by atoms with E-state index in [9.17, 15) is 9.18 Å². The summed E-state index contributed by atoms with van der Waals surface area (Å²) in [5.41, 5.74) is 1.19. The number of ether oxygens (including phenoxy) is 1. The molecule has 0 aliphatic carbocycles. The second-order valence-corrected chi connectivity index (χ2v) is 5.59. The zero-order chi connectivity index (χ0) is 13.3. The molecule has 1 amide bonds. The Balaban J connectivity index is 2.17. The average molecular weight is 316 g/mol. The van der Waals surface area contributed by atoms with Gasteiger partial charge in [0.1, 0.15) is 5.82 Å². The summed E-state index contributed by atoms with van der Waals surface area (Å²) in [5.74, 6) is 0.00402. The van der Waals surface area contributed by atoms with E-state index in [1.54, 1.807) is 12.1 Å². The predicted molar refractivity (Wildman–Crippen MR) is 71.3 cm³/mol. The lowest BCUT2D eigenvalue weighted by atomic mass is 10.1. The summed E-state index contributed by atoms with van der Waals surface area (Å²) in [6.07, 6.45) is 0.126. The van der Waals surface area contributed by atoms with E-state index in [0.29, 0.717) is 35.3 Å². The highest BCUT2D eigenvalue weighted by atomic mass is 79.9. The van der Waals surface area contributed by atoms with Gasteiger partial charge in [0.25, 0.3) is 0 Å². The quantitative estimate of drug-likeness (QED) is 0.832. The van der Waals surface area contributed by atoms with Gasteiger partial charge in [-0.1, -0.05) is 13.8 Å². The Labute approximate surface area is 114 Å². The summed E-state index contributed by atoms with van der Waals surface area (Å²) in [4.78, 5) is 13.4. The zero-order valence-corrected chi connectivity index (χ0v) is 12.0. The standard InChI is InChI=1S/C13H15BrFNO2/c1-8(2)7-18-13(17)16-6-5-9-11(16)4-3-10(14)12(9)15/h3-4,8H,5-7H2,1-2H3. The van der Waals surface area contributed by atoms with Crippen molar-refractivity contribution in [2.24, 2.45) is 5.92 Å². The van der Waals surface area contributed by atoms with Crippen LogP contribution < -0.4 is 4.90 Å². The third kappa shape index (κ3) is 2.51. The number of hydrogen-bond donors (Lipinski definition) is 0. The van der Waals surface area contributed by atoms with E-state index in [0.717, 1.165) is 0 Å². The van der Waals surface area contributed by atoms with Crippen molar-refractivity contribution in [2.75, 3.05) is 18.1 Å². The minimum atomic E-state index is -0.399. The van der Waals surface area contributed by atoms with Crippen molar-refractivity contribution in [2.45, 2.75) is 20.3 Å². The Kier molecular flexibility index (Phi) is 3.90. The van der Waals surface area contributed by atoms with Crippen LogP contribution in [0.2, 0.25) is 0 Å². The Morgan fingerprint density at radius 3 is 2.94 bits per heavy atom. The molecule has 98 valence electrons. The number of anilines is 1. The summed E-state index contributed by atoms with van der Waals surface area (Å²) in [5, 5.41) is 0. The van der Waals surface area contributed by atoms with Crippen LogP contribution >= 0.6 is 15.9 Å². The molecule has 1 aromatic carbocycles. The van der Waals surface area contributed by atoms with Gasteiger partial charge in [0, 0.05) is 12.1 Å². The van der Waals surface area contributed by atoms with Crippen LogP contribution in [0, 0.1) is 11.7 Å². The van der Waals surface area contributed by atoms with Crippen LogP contribution in [0.5, 0.6) is 0 Å². The normalized spacial score (nSPS) is 13.9. The number of nitrogens with zero attached hydrogens (tertiary/aromatic N) is 1. The molecule has 18 heavy (non-hydrogen) atoms. The van der Waals surface area contributed by atoms with Crippen molar-refractivity contribution < 1.29 is 13.9 Å². The van der Waals surface area contributed by atoms with Gasteiger partial charge in [-0.25, -0.2) is 9.18 Å². The van der Waals surface area contributed by atoms with Crippen LogP contribution in [0.25, 0.3) is 0 Å². The molecule has 2 rings (SSSR count). The summed E-state index contributed by atoms with van der Waals surface area (Å²) >= 11 is 3.15. The fourth-order valence-corrected chi connectivity index (χ4v) is 2.29. The molecule has 3 nitrogen and oxygen atoms in total. The number of carbonyl (C=O) groups excluding carboxylic acids is 1. The summed E-state index contributed by atoms with van der Waals surface area (Å²) in [6.45, 7) is 4.80. The van der Waals surface area contributed by atoms with Crippen LogP contribution in [0.3, 0.4) is 0 Å². The monoisotopic (exact) mass is 315 g/mol. The smallest absolute Gasteiger partial charge is 0.414 e. The summed E-state index contributed by atoms with van der Waals surface area (Å²) < 4.78 is 19.4. The fourth-order valence-electron chi connectivity index (χ4n) is 1.92. The van der Waals surface area contributed by atoms with Crippen molar-refractivity contribution >= 4 is 27.7 Å². The third-order valence-electron chi connectivity index (χ3n) is 2.81. The molecule has 0 spiro atoms. The molecule has 1 aliphatic heterocycles. The van der Waals surface area contributed by atoms with Gasteiger partial charge in [-0.3, -0.25) is 4.90 Å². The Morgan fingerprint density at radius 2 is 2.28 bits per heavy atom. The van der Waals surface area contributed by atoms with E-state index in [2.05, 4.69) is 15.9 Å². The van der Waals surface area contributed by atoms with Crippen LogP contribution in [0.4, 0.5) is 14.9 Å². The highest BCUT2D eigenvalue weighted by Gasteiger charge is 2.28. The van der Waals surface area contributed by atoms with Gasteiger partial charge in [0.05, 0.1) is 16.8 Å². The van der Waals surface area contributed by atoms with Gasteiger partial charge in [-0.15, -0.1) is 0 Å². The number of amides is 1. The molecule has 0 radical (unpaired) electrons. The van der Waals surface area contributed by atoms with E-state index in [4.69, 9.17) is 4.74 Å². The topological polar surface area (TPSA) is 29.5 Å². The lowest BCUT2D eigenvalue weighted by molar-refractivity contribution is 0.140. The van der Waals surface area contributed by atoms with Gasteiger partial charge >= 0.3 is 6.09 Å². The molecule has 0 saturated heterocycles. The molecule has 0 saturated carbocycles. The summed E-state index contributed by atoms with van der Waals surface area (Å²) in [7, 11) is 0. The molecule has 0 fully saturated rings. The van der Waals surface area contributed by atoms with Gasteiger partial charge in [0.15, 0.2) is 0 Å². The molecule has 1 aliphatic rings. The largest absolute Gasteiger partial charge is 0.449 e. The first-order valence-corrected chi connectivity index (χ1v) is 6.71. The molecule has 1 heterocycles. The maximum absolute atomic E-state index is 13.8. The Hall–Kier alpha value is -1.10. The van der Waals surface area contributed by atoms with Crippen molar-refractivity contribution in [1.82, 2.24) is 0 Å². The molecule has 5 heteroatoms. The number of benzene rings is 1. The lowest BCUT2D eigenvalue weighted by Crippen LogP contribution is -2.30. The zero-order valence-electron chi connectivity index (χ0n) is 10.4. The van der Waals surface area contributed by atoms with E-state index < -0.39 is 6.09 Å². The number of fused-ring (bicyclic) bond motifs is 1. The maximum atomic E-state index is 13.8. The molecule has 1 aromatic rings. The van der Waals surface area contributed by atoms with Crippen LogP contribution in [-0.2, 0) is 11.2 Å². The van der Waals surface area contributed by atoms with Crippen molar-refractivity contribution in [3.63, 3.8) is 0 Å². The molecular weight excluding hydrogens is 301 g/mol. The summed E-state index contributed by atoms with van der Waals surface area (Å²) in [6, 6.07) is 3.36. The van der Waals surface area contributed by atoms with Crippen LogP contribution in [0.1, 0.15) is 19.4 Å². The SMILES string of the molecule is CC(C)COC(=O)N1CCc2c1ccc(Br)c2F. The van der Waals surface area contributed by atoms with E-state index in [1.807, 2.05) is 13.8 Å². The number of halogens is 2. The minimum Gasteiger partial charge on any atom is -0.449 e. The predicted octanol–water partition coefficient (Wildman–Crippen LogP) is 3.74. The number of rotatable bonds is 2. The molecule has 0 bridgehead atoms. The Bertz CT molecular complexity index is 476. The molecule has 0 atom stereocenters. The molecule has 0 unspecified atom stereocenters. The van der Waals surface area contributed by atoms with Crippen molar-refractivity contribution in [1.29, 1.82) is 0 Å². The lowest BCUT2D eigenvalue weighted by Gasteiger charge is -2.18. The van der Waals surface area contributed by atoms with Gasteiger partial charge in [0.2, 0.25) is 0 Å². The molecular formula is C13H15BrFNO2. The fraction of sp³-hybridized carbons (Fsp3) is 0.462. The Morgan fingerprint density at radius 1 is 1.56 bits per heavy atom. The van der Waals surface area contributed by atoms with Crippen molar-refractivity contribution in [3.8, 4) is 0 Å². The van der Waals surface area contributed by atoms with Crippen LogP contribution in [0.15, 0.2) is 16.6 Å². The second kappa shape index (κ2) is 5.26. The minimum absolute atomic E-state index is 0.286. The first-order chi connectivity index (χ1) is 8.50. The van der Waals surface area contributed by atoms with E-state index in [1.165, 1.54) is 4.90 Å². The second-order valence-electron chi connectivity index (χ2n) is 4.73. The highest BCUT2D eigenvalue weighted by molar-refractivity contribution is 9.10. The number of carbonyl (C=O) groups is 1. The van der Waals surface area contributed by atoms with E-state index in [-0.39, 0.29) is 11.7 Å². The van der Waals surface area contributed by atoms with Crippen LogP contribution in [-0.4, -0.2) is 19.2 Å². The first kappa shape index (κ1) is 13.3. The average Bonchev–Trinajstić information content (AvgIpc) is 2.75. The van der Waals surface area contributed by atoms with Crippen molar-refractivity contribution in [3.05, 3.63) is 28.0 Å². The van der Waals surface area contributed by atoms with Gasteiger partial charge in [-0.2, -0.15) is 0 Å². The molecule has 0 aromatic heterocycles. The first-order valence-electron chi connectivity index (χ1n) is 5.92. The van der Waals surface area contributed by atoms with E-state index >= 15 is 0 Å². The molecule has 0 N–H and O–H groups in total.